The predicted octanol–water partition coefficient (Wildman–Crippen LogP) is 2.83. The predicted molar refractivity (Wildman–Crippen MR) is 58.0 cm³/mol. The number of nitrogens with two attached hydrogens (primary N) is 1. The number of fused-ring (bicyclic) bond motifs is 1. The number of nitrogen functional groups attached to an aromatic ring is 1. The van der Waals surface area contributed by atoms with Crippen molar-refractivity contribution in [3.05, 3.63) is 23.2 Å². The van der Waals surface area contributed by atoms with Crippen molar-refractivity contribution in [3.8, 4) is 0 Å². The molecule has 0 saturated heterocycles. The Morgan fingerprint density at radius 2 is 2.31 bits per heavy atom. The molecule has 2 nitrogen and oxygen atoms in total. The van der Waals surface area contributed by atoms with E-state index < -0.39 is 0 Å². The Bertz CT molecular complexity index is 420. The first-order chi connectivity index (χ1) is 6.31. The first kappa shape index (κ1) is 8.51. The zero-order valence-corrected chi connectivity index (χ0v) is 8.40. The van der Waals surface area contributed by atoms with Gasteiger partial charge >= 0.3 is 0 Å². The highest BCUT2D eigenvalue weighted by atomic mass is 32.1. The van der Waals surface area contributed by atoms with E-state index in [9.17, 15) is 0 Å². The number of hydrogen-bond acceptors (Lipinski definition) is 3. The van der Waals surface area contributed by atoms with Crippen molar-refractivity contribution in [2.45, 2.75) is 19.8 Å². The Labute approximate surface area is 81.4 Å². The summed E-state index contributed by atoms with van der Waals surface area (Å²) in [5.74, 6) is 0. The van der Waals surface area contributed by atoms with Crippen LogP contribution in [0.1, 0.15) is 18.4 Å². The molecule has 0 atom stereocenters. The molecule has 0 aliphatic rings. The summed E-state index contributed by atoms with van der Waals surface area (Å²) in [6.07, 6.45) is 2.19. The molecule has 0 radical (unpaired) electrons. The zero-order valence-electron chi connectivity index (χ0n) is 7.58. The van der Waals surface area contributed by atoms with Gasteiger partial charge in [0.15, 0.2) is 0 Å². The van der Waals surface area contributed by atoms with E-state index in [2.05, 4.69) is 18.0 Å². The smallest absolute Gasteiger partial charge is 0.104 e. The van der Waals surface area contributed by atoms with E-state index in [1.807, 2.05) is 12.1 Å². The fraction of sp³-hybridized carbons (Fsp3) is 0.300. The summed E-state index contributed by atoms with van der Waals surface area (Å²) in [6.45, 7) is 2.16. The van der Waals surface area contributed by atoms with Gasteiger partial charge in [0, 0.05) is 0 Å². The average Bonchev–Trinajstić information content (AvgIpc) is 2.49. The summed E-state index contributed by atoms with van der Waals surface area (Å²) in [7, 11) is 0. The molecule has 1 heterocycles. The number of anilines is 1. The van der Waals surface area contributed by atoms with Crippen LogP contribution in [0.15, 0.2) is 18.2 Å². The highest BCUT2D eigenvalue weighted by Crippen LogP contribution is 2.26. The Balaban J connectivity index is 2.55. The van der Waals surface area contributed by atoms with E-state index in [0.29, 0.717) is 0 Å². The molecule has 2 N–H and O–H groups in total. The van der Waals surface area contributed by atoms with E-state index in [1.165, 1.54) is 9.71 Å². The molecular weight excluding hydrogens is 180 g/mol. The average molecular weight is 192 g/mol. The summed E-state index contributed by atoms with van der Waals surface area (Å²) in [5, 5.41) is 1.19. The monoisotopic (exact) mass is 192 g/mol. The van der Waals surface area contributed by atoms with Gasteiger partial charge in [-0.1, -0.05) is 13.0 Å². The summed E-state index contributed by atoms with van der Waals surface area (Å²) >= 11 is 1.74. The molecule has 2 aromatic rings. The molecule has 0 amide bonds. The van der Waals surface area contributed by atoms with Crippen LogP contribution in [0.25, 0.3) is 10.2 Å². The highest BCUT2D eigenvalue weighted by molar-refractivity contribution is 7.18. The van der Waals surface area contributed by atoms with E-state index >= 15 is 0 Å². The van der Waals surface area contributed by atoms with Gasteiger partial charge in [0.25, 0.3) is 0 Å². The largest absolute Gasteiger partial charge is 0.397 e. The molecule has 0 aliphatic carbocycles. The lowest BCUT2D eigenvalue weighted by Gasteiger charge is -1.90. The zero-order chi connectivity index (χ0) is 9.26. The van der Waals surface area contributed by atoms with Crippen LogP contribution >= 0.6 is 11.3 Å². The number of para-hydroxylation sites is 1. The quantitative estimate of drug-likeness (QED) is 0.743. The van der Waals surface area contributed by atoms with E-state index in [-0.39, 0.29) is 0 Å². The van der Waals surface area contributed by atoms with Crippen molar-refractivity contribution in [1.82, 2.24) is 4.98 Å². The molecule has 0 spiro atoms. The molecule has 0 fully saturated rings. The van der Waals surface area contributed by atoms with E-state index in [4.69, 9.17) is 5.73 Å². The third kappa shape index (κ3) is 1.52. The molecule has 0 saturated carbocycles. The lowest BCUT2D eigenvalue weighted by Crippen LogP contribution is -1.86. The fourth-order valence-electron chi connectivity index (χ4n) is 1.34. The van der Waals surface area contributed by atoms with Crippen molar-refractivity contribution in [3.63, 3.8) is 0 Å². The van der Waals surface area contributed by atoms with Crippen LogP contribution in [0, 0.1) is 0 Å². The minimum absolute atomic E-state index is 0.788. The van der Waals surface area contributed by atoms with Crippen LogP contribution in [0.4, 0.5) is 5.69 Å². The third-order valence-corrected chi connectivity index (χ3v) is 3.04. The minimum Gasteiger partial charge on any atom is -0.397 e. The standard InChI is InChI=1S/C10H12N2S/c1-2-4-9-12-10-7(11)5-3-6-8(10)13-9/h3,5-6H,2,4,11H2,1H3. The van der Waals surface area contributed by atoms with Crippen LogP contribution in [0.5, 0.6) is 0 Å². The van der Waals surface area contributed by atoms with Gasteiger partial charge in [-0.05, 0) is 25.0 Å². The molecule has 68 valence electrons. The summed E-state index contributed by atoms with van der Waals surface area (Å²) < 4.78 is 1.20. The second kappa shape index (κ2) is 3.34. The number of nitrogens with zero attached hydrogens (tertiary/aromatic N) is 1. The second-order valence-corrected chi connectivity index (χ2v) is 4.17. The maximum atomic E-state index is 5.81. The highest BCUT2D eigenvalue weighted by Gasteiger charge is 2.04. The topological polar surface area (TPSA) is 38.9 Å². The van der Waals surface area contributed by atoms with Gasteiger partial charge in [-0.3, -0.25) is 0 Å². The molecule has 1 aromatic heterocycles. The third-order valence-electron chi connectivity index (χ3n) is 1.96. The number of aryl methyl sites for hydroxylation is 1. The van der Waals surface area contributed by atoms with Crippen LogP contribution in [0.3, 0.4) is 0 Å². The number of benzene rings is 1. The first-order valence-electron chi connectivity index (χ1n) is 4.45. The van der Waals surface area contributed by atoms with Crippen LogP contribution in [-0.4, -0.2) is 4.98 Å². The maximum Gasteiger partial charge on any atom is 0.104 e. The number of aromatic nitrogens is 1. The van der Waals surface area contributed by atoms with Crippen LogP contribution < -0.4 is 5.73 Å². The summed E-state index contributed by atoms with van der Waals surface area (Å²) in [6, 6.07) is 5.95. The van der Waals surface area contributed by atoms with Crippen molar-refractivity contribution in [1.29, 1.82) is 0 Å². The summed E-state index contributed by atoms with van der Waals surface area (Å²) in [4.78, 5) is 4.50. The van der Waals surface area contributed by atoms with Crippen molar-refractivity contribution in [2.75, 3.05) is 5.73 Å². The summed E-state index contributed by atoms with van der Waals surface area (Å²) in [5.41, 5.74) is 7.57. The van der Waals surface area contributed by atoms with E-state index in [1.54, 1.807) is 11.3 Å². The van der Waals surface area contributed by atoms with Gasteiger partial charge < -0.3 is 5.73 Å². The van der Waals surface area contributed by atoms with Crippen molar-refractivity contribution in [2.24, 2.45) is 0 Å². The Morgan fingerprint density at radius 3 is 3.00 bits per heavy atom. The normalized spacial score (nSPS) is 10.8. The number of hydrogen-bond donors (Lipinski definition) is 1. The van der Waals surface area contributed by atoms with E-state index in [0.717, 1.165) is 24.0 Å². The van der Waals surface area contributed by atoms with Gasteiger partial charge in [-0.25, -0.2) is 4.98 Å². The number of rotatable bonds is 2. The van der Waals surface area contributed by atoms with Gasteiger partial charge in [0.05, 0.1) is 15.4 Å². The first-order valence-corrected chi connectivity index (χ1v) is 5.27. The van der Waals surface area contributed by atoms with Gasteiger partial charge in [0.2, 0.25) is 0 Å². The minimum atomic E-state index is 0.788. The Kier molecular flexibility index (Phi) is 2.19. The molecule has 3 heteroatoms. The molecule has 0 unspecified atom stereocenters. The Hall–Kier alpha value is -1.09. The van der Waals surface area contributed by atoms with Crippen LogP contribution in [0.2, 0.25) is 0 Å². The maximum absolute atomic E-state index is 5.81. The van der Waals surface area contributed by atoms with Crippen molar-refractivity contribution < 1.29 is 0 Å². The second-order valence-electron chi connectivity index (χ2n) is 3.05. The molecule has 2 rings (SSSR count). The van der Waals surface area contributed by atoms with Gasteiger partial charge in [-0.15, -0.1) is 11.3 Å². The fourth-order valence-corrected chi connectivity index (χ4v) is 2.44. The molecule has 0 aliphatic heterocycles. The number of thiazole rings is 1. The SMILES string of the molecule is CCCc1nc2c(N)cccc2s1. The lowest BCUT2D eigenvalue weighted by molar-refractivity contribution is 0.913. The van der Waals surface area contributed by atoms with Gasteiger partial charge in [-0.2, -0.15) is 0 Å². The van der Waals surface area contributed by atoms with Gasteiger partial charge in [0.1, 0.15) is 5.52 Å². The van der Waals surface area contributed by atoms with Crippen molar-refractivity contribution >= 4 is 27.2 Å². The lowest BCUT2D eigenvalue weighted by atomic mass is 10.3. The molecular formula is C10H12N2S. The Morgan fingerprint density at radius 1 is 1.46 bits per heavy atom. The molecule has 13 heavy (non-hydrogen) atoms. The van der Waals surface area contributed by atoms with Crippen LogP contribution in [-0.2, 0) is 6.42 Å². The molecule has 1 aromatic carbocycles. The molecule has 0 bridgehead atoms.